The van der Waals surface area contributed by atoms with Crippen LogP contribution in [-0.4, -0.2) is 70.4 Å². The molecule has 0 saturated heterocycles. The van der Waals surface area contributed by atoms with Crippen LogP contribution in [-0.2, 0) is 26.1 Å². The van der Waals surface area contributed by atoms with E-state index in [9.17, 15) is 14.4 Å². The first kappa shape index (κ1) is 36.8. The maximum absolute atomic E-state index is 14.2. The van der Waals surface area contributed by atoms with Crippen LogP contribution in [0.4, 0.5) is 11.9 Å². The van der Waals surface area contributed by atoms with Crippen LogP contribution in [0.15, 0.2) is 40.9 Å². The largest absolute Gasteiger partial charge is 0.489 e. The number of hydrogen-bond acceptors (Lipinski definition) is 9. The zero-order valence-corrected chi connectivity index (χ0v) is 32.4. The van der Waals surface area contributed by atoms with Crippen molar-refractivity contribution in [1.82, 2.24) is 38.7 Å². The third kappa shape index (κ3) is 6.97. The number of primary amides is 1. The van der Waals surface area contributed by atoms with Crippen LogP contribution in [0, 0.1) is 13.8 Å². The average Bonchev–Trinajstić information content (AvgIpc) is 3.91. The molecular formula is C38H44BrN11O4. The van der Waals surface area contributed by atoms with Gasteiger partial charge in [0.2, 0.25) is 17.8 Å². The molecule has 6 aromatic rings. The molecule has 4 aromatic heterocycles. The highest BCUT2D eigenvalue weighted by atomic mass is 79.9. The van der Waals surface area contributed by atoms with Crippen molar-refractivity contribution in [3.63, 3.8) is 0 Å². The number of carbonyl (C=O) groups excluding carboxylic acids is 3. The topological polar surface area (TPSA) is 182 Å². The van der Waals surface area contributed by atoms with Gasteiger partial charge in [-0.15, -0.1) is 0 Å². The van der Waals surface area contributed by atoms with E-state index < -0.39 is 5.91 Å². The van der Waals surface area contributed by atoms with E-state index >= 15 is 0 Å². The van der Waals surface area contributed by atoms with Crippen molar-refractivity contribution >= 4 is 68.0 Å². The lowest BCUT2D eigenvalue weighted by molar-refractivity contribution is 0.0995. The number of nitrogens with two attached hydrogens (primary N) is 1. The van der Waals surface area contributed by atoms with Crippen LogP contribution in [0.1, 0.15) is 93.4 Å². The minimum absolute atomic E-state index is 0.0240. The second kappa shape index (κ2) is 15.5. The van der Waals surface area contributed by atoms with Gasteiger partial charge in [-0.2, -0.15) is 10.2 Å². The summed E-state index contributed by atoms with van der Waals surface area (Å²) in [5.41, 5.74) is 12.8. The Morgan fingerprint density at radius 2 is 1.87 bits per heavy atom. The van der Waals surface area contributed by atoms with Crippen LogP contribution in [0.2, 0.25) is 0 Å². The van der Waals surface area contributed by atoms with Gasteiger partial charge >= 0.3 is 0 Å². The first-order valence-electron chi connectivity index (χ1n) is 18.3. The predicted octanol–water partition coefficient (Wildman–Crippen LogP) is 6.21. The number of imidazole rings is 2. The number of nitrogens with zero attached hydrogens (tertiary/aromatic N) is 8. The maximum Gasteiger partial charge on any atom is 0.276 e. The van der Waals surface area contributed by atoms with Crippen molar-refractivity contribution in [2.45, 2.75) is 85.0 Å². The van der Waals surface area contributed by atoms with Gasteiger partial charge in [0.1, 0.15) is 34.8 Å². The highest BCUT2D eigenvalue weighted by Crippen LogP contribution is 2.39. The Morgan fingerprint density at radius 1 is 1.04 bits per heavy atom. The fraction of sp³-hybridized carbons (Fsp3) is 0.395. The minimum atomic E-state index is -0.532. The van der Waals surface area contributed by atoms with Crippen LogP contribution in [0.3, 0.4) is 0 Å². The number of carbonyl (C=O) groups is 3. The summed E-state index contributed by atoms with van der Waals surface area (Å²) >= 11 is 3.66. The first-order chi connectivity index (χ1) is 26.1. The third-order valence-electron chi connectivity index (χ3n) is 10.0. The summed E-state index contributed by atoms with van der Waals surface area (Å²) in [6.07, 6.45) is 5.66. The molecule has 4 N–H and O–H groups in total. The molecule has 0 spiro atoms. The molecule has 7 rings (SSSR count). The summed E-state index contributed by atoms with van der Waals surface area (Å²) in [5.74, 6) is 0.940. The number of aryl methyl sites for hydroxylation is 5. The molecule has 0 fully saturated rings. The van der Waals surface area contributed by atoms with Crippen molar-refractivity contribution in [3.8, 4) is 5.75 Å². The number of aromatic nitrogens is 8. The zero-order valence-electron chi connectivity index (χ0n) is 30.9. The molecule has 16 heteroatoms. The molecule has 0 radical (unpaired) electrons. The van der Waals surface area contributed by atoms with Crippen molar-refractivity contribution in [2.24, 2.45) is 5.73 Å². The Hall–Kier alpha value is -5.51. The summed E-state index contributed by atoms with van der Waals surface area (Å²) in [6.45, 7) is 8.01. The van der Waals surface area contributed by atoms with Crippen LogP contribution < -0.4 is 21.1 Å². The molecule has 2 amide bonds. The van der Waals surface area contributed by atoms with Crippen LogP contribution >= 0.6 is 15.9 Å². The molecule has 2 aromatic carbocycles. The fourth-order valence-electron chi connectivity index (χ4n) is 7.51. The number of hydrogen-bond donors (Lipinski definition) is 3. The number of halogens is 1. The van der Waals surface area contributed by atoms with Gasteiger partial charge in [0.15, 0.2) is 6.29 Å². The minimum Gasteiger partial charge on any atom is -0.489 e. The quantitative estimate of drug-likeness (QED) is 0.0758. The molecule has 0 saturated carbocycles. The lowest BCUT2D eigenvalue weighted by atomic mass is 10.0. The summed E-state index contributed by atoms with van der Waals surface area (Å²) in [4.78, 5) is 47.1. The number of aldehydes is 1. The molecule has 15 nitrogen and oxygen atoms in total. The number of anilines is 2. The normalized spacial score (nSPS) is 13.8. The molecule has 0 bridgehead atoms. The molecule has 5 heterocycles. The SMILES string of the molecule is CCn1nc(C)c(CCCCCn2nc(C)cc2C=O)c1C(=O)Nc1nc2c(Br)cccc2n1CCC[C@H]1COc2cc(C(N)=O)cc3nc(NC)n1c23. The summed E-state index contributed by atoms with van der Waals surface area (Å²) < 4.78 is 14.7. The first-order valence-corrected chi connectivity index (χ1v) is 19.1. The Kier molecular flexibility index (Phi) is 10.5. The number of unbranched alkanes of at least 4 members (excludes halogenated alkanes) is 2. The molecule has 282 valence electrons. The van der Waals surface area contributed by atoms with Crippen LogP contribution in [0.25, 0.3) is 22.1 Å². The monoisotopic (exact) mass is 797 g/mol. The smallest absolute Gasteiger partial charge is 0.276 e. The maximum atomic E-state index is 14.2. The molecule has 54 heavy (non-hydrogen) atoms. The molecule has 1 atom stereocenters. The van der Waals surface area contributed by atoms with E-state index in [2.05, 4.69) is 40.8 Å². The number of para-hydroxylation sites is 1. The second-order valence-electron chi connectivity index (χ2n) is 13.6. The Bertz CT molecular complexity index is 2390. The molecule has 0 aliphatic carbocycles. The van der Waals surface area contributed by atoms with E-state index in [0.29, 0.717) is 72.8 Å². The predicted molar refractivity (Wildman–Crippen MR) is 209 cm³/mol. The Balaban J connectivity index is 1.08. The summed E-state index contributed by atoms with van der Waals surface area (Å²) in [6, 6.07) is 11.0. The van der Waals surface area contributed by atoms with E-state index in [1.54, 1.807) is 27.6 Å². The van der Waals surface area contributed by atoms with Gasteiger partial charge in [0.05, 0.1) is 28.5 Å². The summed E-state index contributed by atoms with van der Waals surface area (Å²) in [5, 5.41) is 15.5. The van der Waals surface area contributed by atoms with Gasteiger partial charge in [-0.3, -0.25) is 29.1 Å². The lowest BCUT2D eigenvalue weighted by Crippen LogP contribution is -2.24. The number of fused-ring (bicyclic) bond motifs is 1. The van der Waals surface area contributed by atoms with Gasteiger partial charge in [0, 0.05) is 42.3 Å². The van der Waals surface area contributed by atoms with E-state index in [4.69, 9.17) is 25.5 Å². The molecular weight excluding hydrogens is 754 g/mol. The Labute approximate surface area is 320 Å². The number of nitrogens with one attached hydrogen (secondary N) is 2. The van der Waals surface area contributed by atoms with E-state index in [0.717, 1.165) is 76.4 Å². The second-order valence-corrected chi connectivity index (χ2v) is 14.5. The lowest BCUT2D eigenvalue weighted by Gasteiger charge is -2.27. The average molecular weight is 799 g/mol. The number of ether oxygens (including phenoxy) is 1. The van der Waals surface area contributed by atoms with Crippen molar-refractivity contribution in [3.05, 3.63) is 74.8 Å². The molecule has 1 aliphatic heterocycles. The van der Waals surface area contributed by atoms with Gasteiger partial charge < -0.3 is 24.9 Å². The molecule has 0 unspecified atom stereocenters. The zero-order chi connectivity index (χ0) is 38.1. The highest BCUT2D eigenvalue weighted by molar-refractivity contribution is 9.10. The number of rotatable bonds is 16. The molecule has 1 aliphatic rings. The van der Waals surface area contributed by atoms with E-state index in [1.807, 2.05) is 46.0 Å². The number of amides is 2. The summed E-state index contributed by atoms with van der Waals surface area (Å²) in [7, 11) is 1.82. The van der Waals surface area contributed by atoms with Crippen molar-refractivity contribution in [2.75, 3.05) is 24.3 Å². The standard InChI is InChI=1S/C38H44BrN11O4/c1-5-48-33(27(23(3)46-48)12-7-6-8-16-49-26(20-51)17-22(2)45-49)36(53)44-38-43-32-28(39)13-9-14-30(32)47(38)15-10-11-25-21-54-31-19-24(35(40)52)18-29-34(31)50(25)37(41-4)42-29/h9,13-14,17-20,25H,5-8,10-12,15-16,21H2,1-4H3,(H2,40,52)(H,41,42)(H,43,44,53)/t25-/m0/s1. The van der Waals surface area contributed by atoms with Crippen molar-refractivity contribution in [1.29, 1.82) is 0 Å². The Morgan fingerprint density at radius 3 is 2.63 bits per heavy atom. The van der Waals surface area contributed by atoms with Gasteiger partial charge in [0.25, 0.3) is 5.91 Å². The van der Waals surface area contributed by atoms with E-state index in [-0.39, 0.29) is 11.9 Å². The van der Waals surface area contributed by atoms with Crippen LogP contribution in [0.5, 0.6) is 5.75 Å². The van der Waals surface area contributed by atoms with Crippen molar-refractivity contribution < 1.29 is 19.1 Å². The fourth-order valence-corrected chi connectivity index (χ4v) is 7.96. The van der Waals surface area contributed by atoms with Gasteiger partial charge in [-0.05, 0) is 99.1 Å². The number of benzene rings is 2. The van der Waals surface area contributed by atoms with Gasteiger partial charge in [-0.25, -0.2) is 9.97 Å². The van der Waals surface area contributed by atoms with Gasteiger partial charge in [-0.1, -0.05) is 12.5 Å². The highest BCUT2D eigenvalue weighted by Gasteiger charge is 2.29. The third-order valence-corrected chi connectivity index (χ3v) is 10.7. The van der Waals surface area contributed by atoms with E-state index in [1.165, 1.54) is 0 Å².